The van der Waals surface area contributed by atoms with Gasteiger partial charge in [0.2, 0.25) is 11.9 Å². The van der Waals surface area contributed by atoms with Crippen molar-refractivity contribution in [3.63, 3.8) is 0 Å². The third-order valence-corrected chi connectivity index (χ3v) is 4.14. The fourth-order valence-corrected chi connectivity index (χ4v) is 2.92. The molecule has 1 aliphatic heterocycles. The molecule has 2 heterocycles. The fourth-order valence-electron chi connectivity index (χ4n) is 2.92. The molecule has 2 aromatic rings. The van der Waals surface area contributed by atoms with Gasteiger partial charge >= 0.3 is 0 Å². The van der Waals surface area contributed by atoms with Gasteiger partial charge in [0.05, 0.1) is 11.6 Å². The van der Waals surface area contributed by atoms with Crippen LogP contribution < -0.4 is 10.6 Å². The van der Waals surface area contributed by atoms with Gasteiger partial charge in [0.25, 0.3) is 5.91 Å². The summed E-state index contributed by atoms with van der Waals surface area (Å²) < 4.78 is 13.3. The standard InChI is InChI=1S/C19H22FN5O2/c1-12(2)23-19-21-8-14(9-22-19)18(27)24-16-7-17(26)25(11-16)10-13-4-3-5-15(20)6-13/h3-6,8-9,12,16H,7,10-11H2,1-2H3,(H,24,27)(H,21,22,23). The zero-order valence-corrected chi connectivity index (χ0v) is 15.3. The van der Waals surface area contributed by atoms with Crippen LogP contribution >= 0.6 is 0 Å². The van der Waals surface area contributed by atoms with Gasteiger partial charge in [-0.2, -0.15) is 0 Å². The van der Waals surface area contributed by atoms with E-state index in [1.165, 1.54) is 24.5 Å². The maximum atomic E-state index is 13.3. The lowest BCUT2D eigenvalue weighted by atomic mass is 10.2. The fraction of sp³-hybridized carbons (Fsp3) is 0.368. The van der Waals surface area contributed by atoms with E-state index < -0.39 is 0 Å². The number of carbonyl (C=O) groups excluding carboxylic acids is 2. The lowest BCUT2D eigenvalue weighted by Crippen LogP contribution is -2.37. The molecule has 1 fully saturated rings. The molecule has 3 rings (SSSR count). The van der Waals surface area contributed by atoms with Gasteiger partial charge in [-0.25, -0.2) is 14.4 Å². The molecule has 1 unspecified atom stereocenters. The second-order valence-electron chi connectivity index (χ2n) is 6.87. The highest BCUT2D eigenvalue weighted by molar-refractivity contribution is 5.94. The van der Waals surface area contributed by atoms with Crippen molar-refractivity contribution < 1.29 is 14.0 Å². The topological polar surface area (TPSA) is 87.2 Å². The minimum atomic E-state index is -0.334. The van der Waals surface area contributed by atoms with Crippen LogP contribution in [0.15, 0.2) is 36.7 Å². The molecule has 27 heavy (non-hydrogen) atoms. The van der Waals surface area contributed by atoms with Crippen LogP contribution in [-0.2, 0) is 11.3 Å². The Kier molecular flexibility index (Phi) is 5.63. The number of benzene rings is 1. The number of hydrogen-bond acceptors (Lipinski definition) is 5. The van der Waals surface area contributed by atoms with Crippen molar-refractivity contribution in [2.24, 2.45) is 0 Å². The van der Waals surface area contributed by atoms with Crippen molar-refractivity contribution >= 4 is 17.8 Å². The quantitative estimate of drug-likeness (QED) is 0.811. The Bertz CT molecular complexity index is 825. The summed E-state index contributed by atoms with van der Waals surface area (Å²) in [5.41, 5.74) is 1.05. The van der Waals surface area contributed by atoms with Crippen molar-refractivity contribution in [1.82, 2.24) is 20.2 Å². The number of likely N-dealkylation sites (tertiary alicyclic amines) is 1. The number of nitrogens with zero attached hydrogens (tertiary/aromatic N) is 3. The molecule has 0 bridgehead atoms. The number of anilines is 1. The Labute approximate surface area is 157 Å². The Morgan fingerprint density at radius 1 is 1.33 bits per heavy atom. The van der Waals surface area contributed by atoms with Crippen LogP contribution in [0, 0.1) is 5.82 Å². The maximum Gasteiger partial charge on any atom is 0.254 e. The second-order valence-corrected chi connectivity index (χ2v) is 6.87. The van der Waals surface area contributed by atoms with E-state index in [0.717, 1.165) is 5.56 Å². The predicted molar refractivity (Wildman–Crippen MR) is 98.5 cm³/mol. The van der Waals surface area contributed by atoms with Gasteiger partial charge in [-0.15, -0.1) is 0 Å². The summed E-state index contributed by atoms with van der Waals surface area (Å²) in [6.07, 6.45) is 3.12. The molecule has 1 saturated heterocycles. The van der Waals surface area contributed by atoms with Crippen LogP contribution in [0.1, 0.15) is 36.2 Å². The first kappa shape index (κ1) is 18.8. The Hall–Kier alpha value is -3.03. The van der Waals surface area contributed by atoms with Crippen LogP contribution in [0.25, 0.3) is 0 Å². The first-order chi connectivity index (χ1) is 12.9. The smallest absolute Gasteiger partial charge is 0.254 e. The number of hydrogen-bond donors (Lipinski definition) is 2. The van der Waals surface area contributed by atoms with Gasteiger partial charge in [-0.05, 0) is 31.5 Å². The summed E-state index contributed by atoms with van der Waals surface area (Å²) >= 11 is 0. The van der Waals surface area contributed by atoms with Crippen LogP contribution in [0.5, 0.6) is 0 Å². The van der Waals surface area contributed by atoms with Crippen LogP contribution in [0.4, 0.5) is 10.3 Å². The average Bonchev–Trinajstić information content (AvgIpc) is 2.94. The van der Waals surface area contributed by atoms with Crippen LogP contribution in [0.2, 0.25) is 0 Å². The summed E-state index contributed by atoms with van der Waals surface area (Å²) in [4.78, 5) is 34.4. The van der Waals surface area contributed by atoms with Crippen LogP contribution in [0.3, 0.4) is 0 Å². The number of rotatable bonds is 6. The third kappa shape index (κ3) is 4.99. The molecule has 1 atom stereocenters. The Balaban J connectivity index is 1.56. The molecule has 7 nitrogen and oxygen atoms in total. The molecule has 0 saturated carbocycles. The first-order valence-corrected chi connectivity index (χ1v) is 8.82. The maximum absolute atomic E-state index is 13.3. The molecule has 0 radical (unpaired) electrons. The Morgan fingerprint density at radius 3 is 2.74 bits per heavy atom. The van der Waals surface area contributed by atoms with E-state index in [2.05, 4.69) is 20.6 Å². The predicted octanol–water partition coefficient (Wildman–Crippen LogP) is 1.97. The number of amides is 2. The molecule has 8 heteroatoms. The van der Waals surface area contributed by atoms with Gasteiger partial charge in [0.15, 0.2) is 0 Å². The van der Waals surface area contributed by atoms with Crippen molar-refractivity contribution in [1.29, 1.82) is 0 Å². The highest BCUT2D eigenvalue weighted by Crippen LogP contribution is 2.16. The average molecular weight is 371 g/mol. The number of carbonyl (C=O) groups is 2. The minimum absolute atomic E-state index is 0.0720. The summed E-state index contributed by atoms with van der Waals surface area (Å²) in [5.74, 6) is -0.271. The van der Waals surface area contributed by atoms with E-state index in [-0.39, 0.29) is 36.1 Å². The number of halogens is 1. The molecule has 0 aliphatic carbocycles. The van der Waals surface area contributed by atoms with Crippen molar-refractivity contribution in [2.45, 2.75) is 38.9 Å². The van der Waals surface area contributed by atoms with Crippen molar-refractivity contribution in [3.8, 4) is 0 Å². The molecule has 1 aromatic heterocycles. The van der Waals surface area contributed by atoms with E-state index in [1.54, 1.807) is 17.0 Å². The zero-order valence-electron chi connectivity index (χ0n) is 15.3. The van der Waals surface area contributed by atoms with Crippen molar-refractivity contribution in [2.75, 3.05) is 11.9 Å². The molecule has 1 aromatic carbocycles. The molecular formula is C19H22FN5O2. The van der Waals surface area contributed by atoms with E-state index in [4.69, 9.17) is 0 Å². The van der Waals surface area contributed by atoms with E-state index >= 15 is 0 Å². The van der Waals surface area contributed by atoms with Gasteiger partial charge in [0.1, 0.15) is 5.82 Å². The zero-order chi connectivity index (χ0) is 19.4. The van der Waals surface area contributed by atoms with E-state index in [0.29, 0.717) is 24.6 Å². The van der Waals surface area contributed by atoms with Gasteiger partial charge in [-0.3, -0.25) is 9.59 Å². The van der Waals surface area contributed by atoms with Gasteiger partial charge < -0.3 is 15.5 Å². The SMILES string of the molecule is CC(C)Nc1ncc(C(=O)NC2CC(=O)N(Cc3cccc(F)c3)C2)cn1. The molecule has 0 spiro atoms. The first-order valence-electron chi connectivity index (χ1n) is 8.82. The lowest BCUT2D eigenvalue weighted by molar-refractivity contribution is -0.128. The van der Waals surface area contributed by atoms with Crippen molar-refractivity contribution in [3.05, 3.63) is 53.6 Å². The largest absolute Gasteiger partial charge is 0.352 e. The summed E-state index contributed by atoms with van der Waals surface area (Å²) in [7, 11) is 0. The molecule has 2 amide bonds. The summed E-state index contributed by atoms with van der Waals surface area (Å²) in [6.45, 7) is 4.64. The molecular weight excluding hydrogens is 349 g/mol. The van der Waals surface area contributed by atoms with E-state index in [1.807, 2.05) is 13.8 Å². The number of nitrogens with one attached hydrogen (secondary N) is 2. The highest BCUT2D eigenvalue weighted by Gasteiger charge is 2.30. The summed E-state index contributed by atoms with van der Waals surface area (Å²) in [6, 6.07) is 6.05. The normalized spacial score (nSPS) is 16.7. The molecule has 142 valence electrons. The minimum Gasteiger partial charge on any atom is -0.352 e. The second kappa shape index (κ2) is 8.11. The number of aromatic nitrogens is 2. The monoisotopic (exact) mass is 371 g/mol. The van der Waals surface area contributed by atoms with E-state index in [9.17, 15) is 14.0 Å². The molecule has 2 N–H and O–H groups in total. The molecule has 1 aliphatic rings. The Morgan fingerprint density at radius 2 is 2.07 bits per heavy atom. The third-order valence-electron chi connectivity index (χ3n) is 4.14. The lowest BCUT2D eigenvalue weighted by Gasteiger charge is -2.17. The van der Waals surface area contributed by atoms with Crippen LogP contribution in [-0.4, -0.2) is 45.3 Å². The highest BCUT2D eigenvalue weighted by atomic mass is 19.1. The summed E-state index contributed by atoms with van der Waals surface area (Å²) in [5, 5.41) is 5.89. The van der Waals surface area contributed by atoms with Gasteiger partial charge in [-0.1, -0.05) is 12.1 Å². The van der Waals surface area contributed by atoms with Gasteiger partial charge in [0, 0.05) is 37.9 Å².